The Hall–Kier alpha value is -2.68. The summed E-state index contributed by atoms with van der Waals surface area (Å²) in [5, 5.41) is 31.0. The average Bonchev–Trinajstić information content (AvgIpc) is 3.41. The first-order valence-electron chi connectivity index (χ1n) is 10.9. The summed E-state index contributed by atoms with van der Waals surface area (Å²) < 4.78 is 33.8. The second-order valence-corrected chi connectivity index (χ2v) is 10.8. The molecule has 0 aliphatic carbocycles. The van der Waals surface area contributed by atoms with Crippen molar-refractivity contribution in [1.82, 2.24) is 24.4 Å². The molecule has 5 rings (SSSR count). The molecule has 34 heavy (non-hydrogen) atoms. The van der Waals surface area contributed by atoms with E-state index in [9.17, 15) is 23.7 Å². The van der Waals surface area contributed by atoms with Gasteiger partial charge in [0.05, 0.1) is 16.8 Å². The normalized spacial score (nSPS) is 29.1. The zero-order valence-electron chi connectivity index (χ0n) is 18.2. The molecule has 2 saturated heterocycles. The number of nitrogen functional groups attached to an aromatic ring is 1. The van der Waals surface area contributed by atoms with Crippen molar-refractivity contribution in [3.63, 3.8) is 0 Å². The third-order valence-corrected chi connectivity index (χ3v) is 8.99. The molecule has 2 aromatic heterocycles. The number of hydrogen-bond donors (Lipinski definition) is 4. The SMILES string of the molecule is Nc1ncnc2c1ncn2[C@]1(N2CCC(S(=O)(=O)c3ccccc3)CC2)O[C@H](CO)[C@@H](O)[C@H]1O. The van der Waals surface area contributed by atoms with Crippen molar-refractivity contribution in [2.24, 2.45) is 0 Å². The van der Waals surface area contributed by atoms with E-state index in [1.54, 1.807) is 35.2 Å². The number of hydrogen-bond acceptors (Lipinski definition) is 11. The van der Waals surface area contributed by atoms with Gasteiger partial charge in [-0.2, -0.15) is 0 Å². The molecule has 0 radical (unpaired) electrons. The van der Waals surface area contributed by atoms with Crippen molar-refractivity contribution in [3.8, 4) is 0 Å². The second kappa shape index (κ2) is 8.52. The fourth-order valence-corrected chi connectivity index (χ4v) is 6.68. The van der Waals surface area contributed by atoms with Gasteiger partial charge in [-0.25, -0.2) is 23.4 Å². The zero-order valence-corrected chi connectivity index (χ0v) is 19.0. The summed E-state index contributed by atoms with van der Waals surface area (Å²) in [4.78, 5) is 14.5. The zero-order chi connectivity index (χ0) is 24.1. The van der Waals surface area contributed by atoms with Crippen LogP contribution in [-0.4, -0.2) is 91.4 Å². The lowest BCUT2D eigenvalue weighted by atomic mass is 10.0. The number of aromatic nitrogens is 4. The maximum atomic E-state index is 13.1. The number of sulfone groups is 1. The van der Waals surface area contributed by atoms with Crippen molar-refractivity contribution < 1.29 is 28.5 Å². The lowest BCUT2D eigenvalue weighted by molar-refractivity contribution is -0.245. The van der Waals surface area contributed by atoms with Crippen LogP contribution in [0.4, 0.5) is 5.82 Å². The molecule has 0 unspecified atom stereocenters. The van der Waals surface area contributed by atoms with Crippen molar-refractivity contribution in [3.05, 3.63) is 43.0 Å². The van der Waals surface area contributed by atoms with Crippen molar-refractivity contribution in [1.29, 1.82) is 0 Å². The van der Waals surface area contributed by atoms with Gasteiger partial charge in [0.2, 0.25) is 5.85 Å². The molecule has 2 aliphatic rings. The van der Waals surface area contributed by atoms with E-state index in [1.807, 2.05) is 0 Å². The number of fused-ring (bicyclic) bond motifs is 1. The Morgan fingerprint density at radius 1 is 1.12 bits per heavy atom. The number of nitrogens with two attached hydrogens (primary N) is 1. The summed E-state index contributed by atoms with van der Waals surface area (Å²) in [5.41, 5.74) is 6.49. The molecule has 3 aromatic rings. The first-order chi connectivity index (χ1) is 16.3. The van der Waals surface area contributed by atoms with E-state index in [2.05, 4.69) is 15.0 Å². The topological polar surface area (TPSA) is 177 Å². The maximum absolute atomic E-state index is 13.1. The number of nitrogens with zero attached hydrogens (tertiary/aromatic N) is 5. The summed E-state index contributed by atoms with van der Waals surface area (Å²) in [7, 11) is -3.54. The van der Waals surface area contributed by atoms with Crippen molar-refractivity contribution in [2.75, 3.05) is 25.4 Å². The van der Waals surface area contributed by atoms with Crippen LogP contribution in [0.15, 0.2) is 47.9 Å². The molecule has 4 atom stereocenters. The minimum Gasteiger partial charge on any atom is -0.394 e. The van der Waals surface area contributed by atoms with Crippen LogP contribution in [-0.2, 0) is 20.4 Å². The first-order valence-corrected chi connectivity index (χ1v) is 12.5. The molecule has 1 aromatic carbocycles. The molecule has 4 heterocycles. The van der Waals surface area contributed by atoms with Crippen LogP contribution >= 0.6 is 0 Å². The highest BCUT2D eigenvalue weighted by Gasteiger charge is 2.60. The van der Waals surface area contributed by atoms with Crippen LogP contribution in [0.2, 0.25) is 0 Å². The smallest absolute Gasteiger partial charge is 0.237 e. The van der Waals surface area contributed by atoms with Crippen LogP contribution in [0.5, 0.6) is 0 Å². The number of aliphatic hydroxyl groups is 3. The quantitative estimate of drug-likeness (QED) is 0.347. The fraction of sp³-hybridized carbons (Fsp3) is 0.476. The number of benzene rings is 1. The molecular weight excluding hydrogens is 464 g/mol. The minimum atomic E-state index is -3.54. The van der Waals surface area contributed by atoms with Gasteiger partial charge in [0.15, 0.2) is 21.3 Å². The number of ether oxygens (including phenoxy) is 1. The molecule has 0 spiro atoms. The van der Waals surface area contributed by atoms with Crippen LogP contribution in [0.25, 0.3) is 11.2 Å². The van der Waals surface area contributed by atoms with E-state index in [1.165, 1.54) is 17.2 Å². The molecule has 0 saturated carbocycles. The molecule has 2 aliphatic heterocycles. The van der Waals surface area contributed by atoms with Gasteiger partial charge < -0.3 is 25.8 Å². The molecular formula is C21H26N6O6S. The Morgan fingerprint density at radius 2 is 1.82 bits per heavy atom. The van der Waals surface area contributed by atoms with Gasteiger partial charge in [-0.1, -0.05) is 18.2 Å². The van der Waals surface area contributed by atoms with E-state index in [-0.39, 0.29) is 42.3 Å². The fourth-order valence-electron chi connectivity index (χ4n) is 4.92. The largest absolute Gasteiger partial charge is 0.394 e. The first kappa shape index (κ1) is 23.1. The highest BCUT2D eigenvalue weighted by atomic mass is 32.2. The van der Waals surface area contributed by atoms with Crippen LogP contribution in [0.1, 0.15) is 12.8 Å². The van der Waals surface area contributed by atoms with E-state index < -0.39 is 45.9 Å². The van der Waals surface area contributed by atoms with Gasteiger partial charge >= 0.3 is 0 Å². The summed E-state index contributed by atoms with van der Waals surface area (Å²) in [6, 6.07) is 8.30. The number of likely N-dealkylation sites (tertiary alicyclic amines) is 1. The predicted molar refractivity (Wildman–Crippen MR) is 120 cm³/mol. The number of imidazole rings is 1. The average molecular weight is 491 g/mol. The lowest BCUT2D eigenvalue weighted by Crippen LogP contribution is -2.60. The van der Waals surface area contributed by atoms with Gasteiger partial charge in [-0.3, -0.25) is 9.47 Å². The number of piperidine rings is 1. The lowest BCUT2D eigenvalue weighted by Gasteiger charge is -2.46. The summed E-state index contributed by atoms with van der Waals surface area (Å²) in [6.07, 6.45) is -0.760. The molecule has 0 bridgehead atoms. The second-order valence-electron chi connectivity index (χ2n) is 8.52. The van der Waals surface area contributed by atoms with Gasteiger partial charge in [0.25, 0.3) is 0 Å². The van der Waals surface area contributed by atoms with E-state index in [0.717, 1.165) is 0 Å². The monoisotopic (exact) mass is 490 g/mol. The van der Waals surface area contributed by atoms with E-state index in [4.69, 9.17) is 10.5 Å². The van der Waals surface area contributed by atoms with E-state index in [0.29, 0.717) is 5.52 Å². The molecule has 0 amide bonds. The molecule has 12 nitrogen and oxygen atoms in total. The maximum Gasteiger partial charge on any atom is 0.237 e. The van der Waals surface area contributed by atoms with Gasteiger partial charge in [0.1, 0.15) is 36.5 Å². The Labute approximate surface area is 195 Å². The Morgan fingerprint density at radius 3 is 2.47 bits per heavy atom. The number of anilines is 1. The van der Waals surface area contributed by atoms with Crippen LogP contribution in [0, 0.1) is 0 Å². The number of rotatable bonds is 5. The minimum absolute atomic E-state index is 0.137. The highest BCUT2D eigenvalue weighted by molar-refractivity contribution is 7.92. The third-order valence-electron chi connectivity index (χ3n) is 6.71. The summed E-state index contributed by atoms with van der Waals surface area (Å²) in [5.74, 6) is -1.54. The highest BCUT2D eigenvalue weighted by Crippen LogP contribution is 2.42. The summed E-state index contributed by atoms with van der Waals surface area (Å²) in [6.45, 7) is -0.0552. The molecule has 182 valence electrons. The Balaban J connectivity index is 1.51. The van der Waals surface area contributed by atoms with Crippen LogP contribution < -0.4 is 5.73 Å². The van der Waals surface area contributed by atoms with Crippen molar-refractivity contribution in [2.45, 2.75) is 47.1 Å². The number of aliphatic hydroxyl groups excluding tert-OH is 3. The Bertz CT molecular complexity index is 1280. The van der Waals surface area contributed by atoms with Crippen LogP contribution in [0.3, 0.4) is 0 Å². The molecule has 2 fully saturated rings. The third kappa shape index (κ3) is 3.39. The van der Waals surface area contributed by atoms with E-state index >= 15 is 0 Å². The van der Waals surface area contributed by atoms with Gasteiger partial charge in [-0.15, -0.1) is 0 Å². The summed E-state index contributed by atoms with van der Waals surface area (Å²) >= 11 is 0. The Kier molecular flexibility index (Phi) is 5.78. The predicted octanol–water partition coefficient (Wildman–Crippen LogP) is -0.930. The standard InChI is InChI=1S/C21H26N6O6S/c22-19-16-20(24-11-23-19)27(12-25-16)21(18(30)17(29)15(10-28)33-21)26-8-6-14(7-9-26)34(31,32)13-4-2-1-3-5-13/h1-5,11-12,14-15,17-18,28-30H,6-10H2,(H2,22,23,24)/t15-,17-,18-,21+/m1/s1. The van der Waals surface area contributed by atoms with Crippen molar-refractivity contribution >= 4 is 26.8 Å². The van der Waals surface area contributed by atoms with Gasteiger partial charge in [-0.05, 0) is 25.0 Å². The molecule has 5 N–H and O–H groups in total. The van der Waals surface area contributed by atoms with Gasteiger partial charge in [0, 0.05) is 13.1 Å². The molecule has 13 heteroatoms.